The van der Waals surface area contributed by atoms with Gasteiger partial charge in [0.1, 0.15) is 24.4 Å². The molecule has 0 amide bonds. The van der Waals surface area contributed by atoms with Crippen LogP contribution in [0, 0.1) is 0 Å². The average Bonchev–Trinajstić information content (AvgIpc) is 2.12. The lowest BCUT2D eigenvalue weighted by Crippen LogP contribution is -2.46. The Morgan fingerprint density at radius 1 is 0.917 bits per heavy atom. The first kappa shape index (κ1) is 11.8. The van der Waals surface area contributed by atoms with Gasteiger partial charge in [-0.2, -0.15) is 0 Å². The van der Waals surface area contributed by atoms with Crippen LogP contribution in [0.2, 0.25) is 0 Å². The van der Waals surface area contributed by atoms with Crippen molar-refractivity contribution in [1.82, 2.24) is 0 Å². The fraction of sp³-hybridized carbons (Fsp3) is 1.00. The zero-order valence-corrected chi connectivity index (χ0v) is 6.41. The molecular formula is C6H14O6. The van der Waals surface area contributed by atoms with Crippen molar-refractivity contribution in [3.05, 3.63) is 0 Å². The normalized spacial score (nSPS) is 21.5. The highest BCUT2D eigenvalue weighted by molar-refractivity contribution is 4.79. The third-order valence-electron chi connectivity index (χ3n) is 1.51. The Morgan fingerprint density at radius 3 is 1.67 bits per heavy atom. The summed E-state index contributed by atoms with van der Waals surface area (Å²) in [4.78, 5) is 0. The molecule has 6 heteroatoms. The van der Waals surface area contributed by atoms with Crippen molar-refractivity contribution in [3.8, 4) is 0 Å². The molecule has 0 aromatic heterocycles. The van der Waals surface area contributed by atoms with E-state index in [0.29, 0.717) is 0 Å². The number of aliphatic hydroxyl groups excluding tert-OH is 6. The molecule has 0 fully saturated rings. The Labute approximate surface area is 69.3 Å². The molecule has 6 N–H and O–H groups in total. The van der Waals surface area contributed by atoms with Crippen molar-refractivity contribution in [2.75, 3.05) is 13.2 Å². The van der Waals surface area contributed by atoms with Crippen LogP contribution < -0.4 is 0 Å². The first-order valence-electron chi connectivity index (χ1n) is 3.48. The van der Waals surface area contributed by atoms with Gasteiger partial charge < -0.3 is 30.6 Å². The summed E-state index contributed by atoms with van der Waals surface area (Å²) in [7, 11) is 0. The molecule has 0 aliphatic rings. The lowest BCUT2D eigenvalue weighted by atomic mass is 10.0. The second-order valence-corrected chi connectivity index (χ2v) is 2.48. The van der Waals surface area contributed by atoms with Crippen LogP contribution in [0.15, 0.2) is 0 Å². The largest absolute Gasteiger partial charge is 0.394 e. The zero-order valence-electron chi connectivity index (χ0n) is 6.41. The first-order valence-corrected chi connectivity index (χ1v) is 3.48. The summed E-state index contributed by atoms with van der Waals surface area (Å²) in [6.07, 6.45) is -6.39. The van der Waals surface area contributed by atoms with Gasteiger partial charge in [0.2, 0.25) is 0 Å². The van der Waals surface area contributed by atoms with E-state index in [4.69, 9.17) is 30.6 Å². The van der Waals surface area contributed by atoms with Crippen molar-refractivity contribution >= 4 is 0 Å². The minimum absolute atomic E-state index is 0.726. The Hall–Kier alpha value is -0.240. The van der Waals surface area contributed by atoms with Crippen molar-refractivity contribution < 1.29 is 30.6 Å². The number of hydrogen-bond donors (Lipinski definition) is 6. The van der Waals surface area contributed by atoms with Crippen molar-refractivity contribution in [1.29, 1.82) is 0 Å². The van der Waals surface area contributed by atoms with Gasteiger partial charge in [0.25, 0.3) is 0 Å². The van der Waals surface area contributed by atoms with Crippen LogP contribution in [-0.4, -0.2) is 68.3 Å². The van der Waals surface area contributed by atoms with Crippen molar-refractivity contribution in [2.24, 2.45) is 0 Å². The van der Waals surface area contributed by atoms with Crippen molar-refractivity contribution in [3.63, 3.8) is 0 Å². The van der Waals surface area contributed by atoms with Gasteiger partial charge in [0, 0.05) is 0 Å². The summed E-state index contributed by atoms with van der Waals surface area (Å²) in [5, 5.41) is 52.2. The summed E-state index contributed by atoms with van der Waals surface area (Å²) in [6, 6.07) is 0. The molecule has 0 saturated heterocycles. The van der Waals surface area contributed by atoms with Gasteiger partial charge in [0.05, 0.1) is 13.2 Å². The molecule has 0 aliphatic carbocycles. The van der Waals surface area contributed by atoms with E-state index in [1.807, 2.05) is 0 Å². The number of rotatable bonds is 5. The SMILES string of the molecule is OC[C@H](O)[C@@H](O)[C@H](O)[C@H](O)C[18OH]. The van der Waals surface area contributed by atoms with Crippen LogP contribution in [0.1, 0.15) is 0 Å². The Bertz CT molecular complexity index is 105. The molecule has 74 valence electrons. The third-order valence-corrected chi connectivity index (χ3v) is 1.51. The van der Waals surface area contributed by atoms with E-state index < -0.39 is 37.6 Å². The molecule has 6 nitrogen and oxygen atoms in total. The molecule has 0 rings (SSSR count). The molecule has 0 bridgehead atoms. The van der Waals surface area contributed by atoms with Gasteiger partial charge in [-0.15, -0.1) is 0 Å². The minimum Gasteiger partial charge on any atom is -0.394 e. The quantitative estimate of drug-likeness (QED) is 0.246. The van der Waals surface area contributed by atoms with E-state index in [1.165, 1.54) is 0 Å². The van der Waals surface area contributed by atoms with Crippen LogP contribution >= 0.6 is 0 Å². The van der Waals surface area contributed by atoms with Crippen LogP contribution in [0.4, 0.5) is 0 Å². The maximum absolute atomic E-state index is 8.96. The fourth-order valence-electron chi connectivity index (χ4n) is 0.671. The van der Waals surface area contributed by atoms with E-state index in [9.17, 15) is 0 Å². The summed E-state index contributed by atoms with van der Waals surface area (Å²) in [5.74, 6) is 0. The first-order chi connectivity index (χ1) is 5.54. The van der Waals surface area contributed by atoms with Crippen LogP contribution in [0.25, 0.3) is 0 Å². The molecule has 4 atom stereocenters. The zero-order chi connectivity index (χ0) is 9.72. The fourth-order valence-corrected chi connectivity index (χ4v) is 0.671. The maximum Gasteiger partial charge on any atom is 0.111 e. The summed E-state index contributed by atoms with van der Waals surface area (Å²) < 4.78 is 0. The molecule has 12 heavy (non-hydrogen) atoms. The summed E-state index contributed by atoms with van der Waals surface area (Å²) >= 11 is 0. The molecule has 0 aliphatic heterocycles. The number of aliphatic hydroxyl groups is 6. The van der Waals surface area contributed by atoms with Crippen LogP contribution in [-0.2, 0) is 0 Å². The molecule has 0 aromatic carbocycles. The van der Waals surface area contributed by atoms with Gasteiger partial charge in [0.15, 0.2) is 0 Å². The average molecular weight is 184 g/mol. The monoisotopic (exact) mass is 184 g/mol. The lowest BCUT2D eigenvalue weighted by molar-refractivity contribution is -0.123. The predicted molar refractivity (Wildman–Crippen MR) is 38.2 cm³/mol. The smallest absolute Gasteiger partial charge is 0.111 e. The van der Waals surface area contributed by atoms with Gasteiger partial charge >= 0.3 is 0 Å². The van der Waals surface area contributed by atoms with Crippen LogP contribution in [0.3, 0.4) is 0 Å². The topological polar surface area (TPSA) is 121 Å². The van der Waals surface area contributed by atoms with Gasteiger partial charge in [-0.25, -0.2) is 0 Å². The molecule has 0 aromatic rings. The predicted octanol–water partition coefficient (Wildman–Crippen LogP) is -3.59. The van der Waals surface area contributed by atoms with Crippen LogP contribution in [0.5, 0.6) is 0 Å². The molecule has 0 radical (unpaired) electrons. The van der Waals surface area contributed by atoms with E-state index >= 15 is 0 Å². The summed E-state index contributed by atoms with van der Waals surface area (Å²) in [5.41, 5.74) is 0. The van der Waals surface area contributed by atoms with E-state index in [-0.39, 0.29) is 0 Å². The highest BCUT2D eigenvalue weighted by Gasteiger charge is 2.29. The molecule has 0 unspecified atom stereocenters. The molecule has 0 saturated carbocycles. The summed E-state index contributed by atoms with van der Waals surface area (Å²) in [6.45, 7) is -1.45. The minimum atomic E-state index is -1.67. The highest BCUT2D eigenvalue weighted by atomic mass is 18.2. The molecule has 0 spiro atoms. The molecular weight excluding hydrogens is 170 g/mol. The number of hydrogen-bond acceptors (Lipinski definition) is 6. The third kappa shape index (κ3) is 3.02. The van der Waals surface area contributed by atoms with E-state index in [1.54, 1.807) is 0 Å². The Balaban J connectivity index is 3.99. The molecule has 0 heterocycles. The van der Waals surface area contributed by atoms with E-state index in [0.717, 1.165) is 0 Å². The van der Waals surface area contributed by atoms with Gasteiger partial charge in [-0.05, 0) is 0 Å². The standard InChI is InChI=1S/C6H14O6/c7-1-3(9)5(11)6(12)4(10)2-8/h3-12H,1-2H2/t3-,4+,5-,6-/m1/s1/i7+2. The van der Waals surface area contributed by atoms with Gasteiger partial charge in [-0.3, -0.25) is 0 Å². The second-order valence-electron chi connectivity index (χ2n) is 2.48. The maximum atomic E-state index is 8.96. The Morgan fingerprint density at radius 2 is 1.33 bits per heavy atom. The Kier molecular flexibility index (Phi) is 5.31. The van der Waals surface area contributed by atoms with E-state index in [2.05, 4.69) is 0 Å². The van der Waals surface area contributed by atoms with Crippen molar-refractivity contribution in [2.45, 2.75) is 24.4 Å². The second kappa shape index (κ2) is 5.41. The lowest BCUT2D eigenvalue weighted by Gasteiger charge is -2.24. The van der Waals surface area contributed by atoms with Gasteiger partial charge in [-0.1, -0.05) is 0 Å². The highest BCUT2D eigenvalue weighted by Crippen LogP contribution is 2.03.